The molecule has 0 radical (unpaired) electrons. The molecule has 0 fully saturated rings. The molecule has 0 aliphatic carbocycles. The van der Waals surface area contributed by atoms with Crippen LogP contribution in [0.3, 0.4) is 0 Å². The fraction of sp³-hybridized carbons (Fsp3) is 0.353. The molecule has 1 atom stereocenters. The summed E-state index contributed by atoms with van der Waals surface area (Å²) in [5.74, 6) is -0.784. The summed E-state index contributed by atoms with van der Waals surface area (Å²) in [6, 6.07) is 5.10. The molecule has 2 aromatic rings. The molecule has 2 nitrogen and oxygen atoms in total. The summed E-state index contributed by atoms with van der Waals surface area (Å²) in [6.45, 7) is 5.95. The maximum absolute atomic E-state index is 14.0. The van der Waals surface area contributed by atoms with E-state index in [0.717, 1.165) is 24.5 Å². The number of benzene rings is 1. The summed E-state index contributed by atoms with van der Waals surface area (Å²) in [6.07, 6.45) is 1.61. The average molecular weight is 326 g/mol. The fourth-order valence-corrected chi connectivity index (χ4v) is 2.59. The number of pyridine rings is 1. The van der Waals surface area contributed by atoms with Gasteiger partial charge in [0.05, 0.1) is 6.10 Å². The molecule has 1 aliphatic rings. The van der Waals surface area contributed by atoms with Crippen LogP contribution in [0.25, 0.3) is 11.1 Å². The number of rotatable bonds is 1. The van der Waals surface area contributed by atoms with Crippen LogP contribution in [0.5, 0.6) is 5.88 Å². The molecule has 0 spiro atoms. The zero-order valence-electron chi connectivity index (χ0n) is 12.8. The first-order valence-corrected chi connectivity index (χ1v) is 7.74. The van der Waals surface area contributed by atoms with Crippen molar-refractivity contribution >= 4 is 11.6 Å². The highest BCUT2D eigenvalue weighted by Crippen LogP contribution is 2.37. The van der Waals surface area contributed by atoms with Gasteiger partial charge < -0.3 is 4.74 Å². The Morgan fingerprint density at radius 2 is 1.91 bits per heavy atom. The molecule has 0 saturated heterocycles. The van der Waals surface area contributed by atoms with E-state index in [1.54, 1.807) is 6.07 Å². The molecule has 0 amide bonds. The third-order valence-corrected chi connectivity index (χ3v) is 3.58. The zero-order chi connectivity index (χ0) is 16.3. The third kappa shape index (κ3) is 3.38. The predicted molar refractivity (Wildman–Crippen MR) is 84.4 cm³/mol. The molecule has 118 valence electrons. The summed E-state index contributed by atoms with van der Waals surface area (Å²) in [7, 11) is 0. The topological polar surface area (TPSA) is 22.1 Å². The van der Waals surface area contributed by atoms with Crippen LogP contribution in [-0.2, 0) is 6.42 Å². The van der Waals surface area contributed by atoms with E-state index >= 15 is 0 Å². The van der Waals surface area contributed by atoms with Crippen molar-refractivity contribution in [2.45, 2.75) is 39.7 Å². The van der Waals surface area contributed by atoms with Crippen molar-refractivity contribution in [2.24, 2.45) is 0 Å². The van der Waals surface area contributed by atoms with Gasteiger partial charge in [-0.2, -0.15) is 0 Å². The van der Waals surface area contributed by atoms with Crippen molar-refractivity contribution < 1.29 is 13.5 Å². The molecule has 1 unspecified atom stereocenters. The first-order chi connectivity index (χ1) is 10.5. The van der Waals surface area contributed by atoms with Gasteiger partial charge in [0.25, 0.3) is 0 Å². The second kappa shape index (κ2) is 7.05. The second-order valence-electron chi connectivity index (χ2n) is 4.87. The van der Waals surface area contributed by atoms with E-state index in [0.29, 0.717) is 17.0 Å². The van der Waals surface area contributed by atoms with Gasteiger partial charge in [0.1, 0.15) is 16.8 Å². The van der Waals surface area contributed by atoms with Crippen molar-refractivity contribution in [2.75, 3.05) is 0 Å². The van der Waals surface area contributed by atoms with E-state index < -0.39 is 11.6 Å². The van der Waals surface area contributed by atoms with Crippen LogP contribution in [0.4, 0.5) is 8.78 Å². The Kier molecular flexibility index (Phi) is 5.35. The summed E-state index contributed by atoms with van der Waals surface area (Å²) in [4.78, 5) is 4.14. The highest BCUT2D eigenvalue weighted by molar-refractivity contribution is 6.29. The molecule has 0 saturated carbocycles. The maximum Gasteiger partial charge on any atom is 0.218 e. The standard InChI is InChI=1S/C15H12ClF2NO.C2H6/c1-8-2-4-11-12(7-14(16)19-15(11)20-8)10-5-3-9(17)6-13(10)18;1-2/h3,5-8H,2,4H2,1H3;1-2H3. The number of fused-ring (bicyclic) bond motifs is 1. The number of hydrogen-bond acceptors (Lipinski definition) is 2. The van der Waals surface area contributed by atoms with Crippen molar-refractivity contribution in [1.82, 2.24) is 4.98 Å². The lowest BCUT2D eigenvalue weighted by molar-refractivity contribution is 0.184. The first kappa shape index (κ1) is 16.7. The van der Waals surface area contributed by atoms with Gasteiger partial charge >= 0.3 is 0 Å². The molecule has 22 heavy (non-hydrogen) atoms. The average Bonchev–Trinajstić information content (AvgIpc) is 2.48. The van der Waals surface area contributed by atoms with Gasteiger partial charge in [0.2, 0.25) is 5.88 Å². The Bertz CT molecular complexity index is 676. The summed E-state index contributed by atoms with van der Waals surface area (Å²) >= 11 is 5.98. The third-order valence-electron chi connectivity index (χ3n) is 3.39. The molecular formula is C17H18ClF2NO. The van der Waals surface area contributed by atoms with Crippen LogP contribution in [0, 0.1) is 11.6 Å². The summed E-state index contributed by atoms with van der Waals surface area (Å²) < 4.78 is 32.6. The van der Waals surface area contributed by atoms with Gasteiger partial charge in [-0.05, 0) is 43.5 Å². The van der Waals surface area contributed by atoms with Gasteiger partial charge in [-0.1, -0.05) is 25.4 Å². The second-order valence-corrected chi connectivity index (χ2v) is 5.25. The summed E-state index contributed by atoms with van der Waals surface area (Å²) in [5, 5.41) is 0.233. The van der Waals surface area contributed by atoms with Crippen LogP contribution in [0.2, 0.25) is 5.15 Å². The van der Waals surface area contributed by atoms with Gasteiger partial charge in [-0.15, -0.1) is 0 Å². The van der Waals surface area contributed by atoms with E-state index in [1.807, 2.05) is 20.8 Å². The normalized spacial score (nSPS) is 16.2. The number of aromatic nitrogens is 1. The first-order valence-electron chi connectivity index (χ1n) is 7.36. The SMILES string of the molecule is CC.CC1CCc2c(-c3ccc(F)cc3F)cc(Cl)nc2O1. The molecule has 1 aliphatic heterocycles. The van der Waals surface area contributed by atoms with Gasteiger partial charge in [-0.25, -0.2) is 13.8 Å². The minimum Gasteiger partial charge on any atom is -0.474 e. The number of ether oxygens (including phenoxy) is 1. The number of nitrogens with zero attached hydrogens (tertiary/aromatic N) is 1. The lowest BCUT2D eigenvalue weighted by Gasteiger charge is -2.24. The minimum absolute atomic E-state index is 0.0550. The van der Waals surface area contributed by atoms with E-state index in [9.17, 15) is 8.78 Å². The highest BCUT2D eigenvalue weighted by Gasteiger charge is 2.23. The Balaban J connectivity index is 0.000000847. The van der Waals surface area contributed by atoms with E-state index in [4.69, 9.17) is 16.3 Å². The highest BCUT2D eigenvalue weighted by atomic mass is 35.5. The van der Waals surface area contributed by atoms with Crippen LogP contribution in [0.1, 0.15) is 32.8 Å². The minimum atomic E-state index is -0.618. The molecule has 3 rings (SSSR count). The van der Waals surface area contributed by atoms with E-state index in [1.165, 1.54) is 12.1 Å². The lowest BCUT2D eigenvalue weighted by Crippen LogP contribution is -2.20. The largest absolute Gasteiger partial charge is 0.474 e. The summed E-state index contributed by atoms with van der Waals surface area (Å²) in [5.41, 5.74) is 1.74. The monoisotopic (exact) mass is 325 g/mol. The molecule has 1 aromatic carbocycles. The molecule has 0 N–H and O–H groups in total. The van der Waals surface area contributed by atoms with Crippen LogP contribution in [-0.4, -0.2) is 11.1 Å². The van der Waals surface area contributed by atoms with Crippen molar-refractivity contribution in [3.05, 3.63) is 46.6 Å². The van der Waals surface area contributed by atoms with Crippen LogP contribution in [0.15, 0.2) is 24.3 Å². The van der Waals surface area contributed by atoms with Gasteiger partial charge in [-0.3, -0.25) is 0 Å². The van der Waals surface area contributed by atoms with E-state index in [-0.39, 0.29) is 11.3 Å². The molecule has 0 bridgehead atoms. The molecule has 5 heteroatoms. The molecule has 2 heterocycles. The predicted octanol–water partition coefficient (Wildman–Crippen LogP) is 5.42. The Labute approximate surface area is 134 Å². The van der Waals surface area contributed by atoms with Crippen LogP contribution >= 0.6 is 11.6 Å². The zero-order valence-corrected chi connectivity index (χ0v) is 13.5. The van der Waals surface area contributed by atoms with Gasteiger partial charge in [0.15, 0.2) is 0 Å². The smallest absolute Gasteiger partial charge is 0.218 e. The number of halogens is 3. The van der Waals surface area contributed by atoms with Crippen molar-refractivity contribution in [1.29, 1.82) is 0 Å². The van der Waals surface area contributed by atoms with Crippen LogP contribution < -0.4 is 4.74 Å². The maximum atomic E-state index is 14.0. The Hall–Kier alpha value is -1.68. The molecule has 1 aromatic heterocycles. The van der Waals surface area contributed by atoms with Crippen molar-refractivity contribution in [3.8, 4) is 17.0 Å². The number of hydrogen-bond donors (Lipinski definition) is 0. The Morgan fingerprint density at radius 3 is 2.59 bits per heavy atom. The van der Waals surface area contributed by atoms with Crippen molar-refractivity contribution in [3.63, 3.8) is 0 Å². The Morgan fingerprint density at radius 1 is 1.18 bits per heavy atom. The molecular weight excluding hydrogens is 308 g/mol. The quantitative estimate of drug-likeness (QED) is 0.653. The van der Waals surface area contributed by atoms with Gasteiger partial charge in [0, 0.05) is 17.2 Å². The van der Waals surface area contributed by atoms with E-state index in [2.05, 4.69) is 4.98 Å². The fourth-order valence-electron chi connectivity index (χ4n) is 2.40. The lowest BCUT2D eigenvalue weighted by atomic mass is 9.95.